The molecule has 35 heavy (non-hydrogen) atoms. The number of hydrogen-bond donors (Lipinski definition) is 3. The van der Waals surface area contributed by atoms with Crippen molar-refractivity contribution in [2.45, 2.75) is 39.3 Å². The third-order valence-corrected chi connectivity index (χ3v) is 5.62. The monoisotopic (exact) mass is 503 g/mol. The first kappa shape index (κ1) is 26.0. The van der Waals surface area contributed by atoms with Gasteiger partial charge in [0.2, 0.25) is 0 Å². The number of rotatable bonds is 6. The van der Waals surface area contributed by atoms with Gasteiger partial charge in [-0.25, -0.2) is 19.0 Å². The van der Waals surface area contributed by atoms with Crippen molar-refractivity contribution in [3.05, 3.63) is 63.7 Å². The van der Waals surface area contributed by atoms with Crippen LogP contribution in [0.4, 0.5) is 19.7 Å². The molecule has 3 N–H and O–H groups in total. The van der Waals surface area contributed by atoms with E-state index < -0.39 is 35.9 Å². The van der Waals surface area contributed by atoms with Gasteiger partial charge in [0.05, 0.1) is 27.7 Å². The summed E-state index contributed by atoms with van der Waals surface area (Å²) in [6, 6.07) is 9.84. The van der Waals surface area contributed by atoms with E-state index in [0.717, 1.165) is 0 Å². The van der Waals surface area contributed by atoms with Crippen molar-refractivity contribution in [2.75, 3.05) is 18.5 Å². The zero-order chi connectivity index (χ0) is 25.9. The molecule has 3 aromatic rings. The number of aromatic nitrogens is 2. The molecule has 1 unspecified atom stereocenters. The number of nitrogens with one attached hydrogen (secondary N) is 2. The maximum atomic E-state index is 13.7. The van der Waals surface area contributed by atoms with E-state index in [0.29, 0.717) is 16.9 Å². The molecule has 2 aromatic carbocycles. The lowest BCUT2D eigenvalue weighted by Crippen LogP contribution is -2.47. The van der Waals surface area contributed by atoms with Crippen LogP contribution in [-0.4, -0.2) is 50.4 Å². The Balaban J connectivity index is 2.25. The van der Waals surface area contributed by atoms with Crippen LogP contribution in [0.15, 0.2) is 47.3 Å². The molecule has 0 saturated heterocycles. The second-order valence-electron chi connectivity index (χ2n) is 8.86. The van der Waals surface area contributed by atoms with Crippen LogP contribution in [0.1, 0.15) is 39.6 Å². The van der Waals surface area contributed by atoms with Crippen molar-refractivity contribution >= 4 is 40.3 Å². The van der Waals surface area contributed by atoms with Crippen LogP contribution >= 0.6 is 11.6 Å². The third kappa shape index (κ3) is 5.54. The Hall–Kier alpha value is -3.66. The van der Waals surface area contributed by atoms with Gasteiger partial charge in [0.15, 0.2) is 0 Å². The lowest BCUT2D eigenvalue weighted by atomic mass is 10.0. The highest BCUT2D eigenvalue weighted by Gasteiger charge is 2.34. The average molecular weight is 504 g/mol. The minimum absolute atomic E-state index is 0.141. The summed E-state index contributed by atoms with van der Waals surface area (Å²) in [6.07, 6.45) is -1.17. The molecule has 0 radical (unpaired) electrons. The fourth-order valence-electron chi connectivity index (χ4n) is 3.94. The molecule has 3 rings (SSSR count). The predicted octanol–water partition coefficient (Wildman–Crippen LogP) is 4.97. The van der Waals surface area contributed by atoms with Crippen LogP contribution in [0.25, 0.3) is 16.6 Å². The van der Waals surface area contributed by atoms with Crippen LogP contribution in [0.5, 0.6) is 0 Å². The highest BCUT2D eigenvalue weighted by molar-refractivity contribution is 6.35. The molecule has 11 heteroatoms. The van der Waals surface area contributed by atoms with Crippen LogP contribution < -0.4 is 16.2 Å². The highest BCUT2D eigenvalue weighted by Crippen LogP contribution is 2.30. The van der Waals surface area contributed by atoms with E-state index in [1.807, 2.05) is 0 Å². The van der Waals surface area contributed by atoms with Gasteiger partial charge in [-0.15, -0.1) is 0 Å². The van der Waals surface area contributed by atoms with E-state index in [-0.39, 0.29) is 22.8 Å². The SMILES string of the molecule is CC(c1nc2cccc(Cl)c2c(=O)n1-c1cccc(NC(=O)NCCF)c1)N(C(=O)O)C(C)(C)C. The fourth-order valence-corrected chi connectivity index (χ4v) is 4.19. The van der Waals surface area contributed by atoms with Gasteiger partial charge in [0, 0.05) is 17.8 Å². The normalized spacial score (nSPS) is 12.3. The molecule has 186 valence electrons. The minimum Gasteiger partial charge on any atom is -0.465 e. The lowest BCUT2D eigenvalue weighted by Gasteiger charge is -2.38. The molecule has 0 saturated carbocycles. The number of fused-ring (bicyclic) bond motifs is 1. The summed E-state index contributed by atoms with van der Waals surface area (Å²) < 4.78 is 13.7. The molecule has 0 bridgehead atoms. The summed E-state index contributed by atoms with van der Waals surface area (Å²) in [5, 5.41) is 15.3. The van der Waals surface area contributed by atoms with Crippen molar-refractivity contribution in [3.8, 4) is 5.69 Å². The molecular weight excluding hydrogens is 477 g/mol. The molecule has 0 aliphatic rings. The minimum atomic E-state index is -1.17. The van der Waals surface area contributed by atoms with Crippen molar-refractivity contribution in [3.63, 3.8) is 0 Å². The van der Waals surface area contributed by atoms with Gasteiger partial charge >= 0.3 is 12.1 Å². The number of hydrogen-bond acceptors (Lipinski definition) is 4. The number of carboxylic acid groups (broad SMARTS) is 1. The maximum Gasteiger partial charge on any atom is 0.408 e. The lowest BCUT2D eigenvalue weighted by molar-refractivity contribution is 0.0719. The molecule has 0 aliphatic heterocycles. The van der Waals surface area contributed by atoms with Gasteiger partial charge in [-0.1, -0.05) is 23.7 Å². The number of nitrogens with zero attached hydrogens (tertiary/aromatic N) is 3. The van der Waals surface area contributed by atoms with Crippen molar-refractivity contribution in [1.82, 2.24) is 19.8 Å². The van der Waals surface area contributed by atoms with Crippen molar-refractivity contribution < 1.29 is 19.1 Å². The first-order valence-electron chi connectivity index (χ1n) is 10.9. The number of carbonyl (C=O) groups is 2. The summed E-state index contributed by atoms with van der Waals surface area (Å²) in [4.78, 5) is 43.8. The molecule has 0 fully saturated rings. The molecule has 0 aliphatic carbocycles. The Morgan fingerprint density at radius 3 is 2.54 bits per heavy atom. The number of halogens is 2. The number of urea groups is 1. The summed E-state index contributed by atoms with van der Waals surface area (Å²) in [7, 11) is 0. The zero-order valence-corrected chi connectivity index (χ0v) is 20.6. The smallest absolute Gasteiger partial charge is 0.408 e. The zero-order valence-electron chi connectivity index (χ0n) is 19.8. The average Bonchev–Trinajstić information content (AvgIpc) is 2.76. The molecule has 9 nitrogen and oxygen atoms in total. The first-order valence-corrected chi connectivity index (χ1v) is 11.3. The third-order valence-electron chi connectivity index (χ3n) is 5.30. The molecule has 1 heterocycles. The van der Waals surface area contributed by atoms with Crippen molar-refractivity contribution in [1.29, 1.82) is 0 Å². The van der Waals surface area contributed by atoms with Gasteiger partial charge in [-0.05, 0) is 58.0 Å². The standard InChI is InChI=1S/C24H27ClFN5O4/c1-14(31(23(34)35)24(2,3)4)20-29-18-10-6-9-17(25)19(18)21(32)30(20)16-8-5-7-15(13-16)28-22(33)27-12-11-26/h5-10,13-14H,11-12H2,1-4H3,(H,34,35)(H2,27,28,33). The second-order valence-corrected chi connectivity index (χ2v) is 9.27. The Morgan fingerprint density at radius 1 is 1.23 bits per heavy atom. The Morgan fingerprint density at radius 2 is 1.91 bits per heavy atom. The van der Waals surface area contributed by atoms with Gasteiger partial charge in [0.25, 0.3) is 5.56 Å². The number of benzene rings is 2. The van der Waals surface area contributed by atoms with Crippen LogP contribution in [0, 0.1) is 0 Å². The molecule has 3 amide bonds. The van der Waals surface area contributed by atoms with Crippen LogP contribution in [0.3, 0.4) is 0 Å². The van der Waals surface area contributed by atoms with Crippen molar-refractivity contribution in [2.24, 2.45) is 0 Å². The van der Waals surface area contributed by atoms with Gasteiger partial charge < -0.3 is 15.7 Å². The maximum absolute atomic E-state index is 13.7. The molecule has 1 atom stereocenters. The number of alkyl halides is 1. The molecular formula is C24H27ClFN5O4. The van der Waals surface area contributed by atoms with E-state index in [2.05, 4.69) is 15.6 Å². The van der Waals surface area contributed by atoms with E-state index in [4.69, 9.17) is 11.6 Å². The predicted molar refractivity (Wildman–Crippen MR) is 133 cm³/mol. The van der Waals surface area contributed by atoms with E-state index >= 15 is 0 Å². The topological polar surface area (TPSA) is 117 Å². The Kier molecular flexibility index (Phi) is 7.64. The second kappa shape index (κ2) is 10.3. The number of amides is 3. The number of anilines is 1. The summed E-state index contributed by atoms with van der Waals surface area (Å²) in [5.74, 6) is 0.182. The van der Waals surface area contributed by atoms with Crippen LogP contribution in [0.2, 0.25) is 5.02 Å². The molecule has 1 aromatic heterocycles. The highest BCUT2D eigenvalue weighted by atomic mass is 35.5. The molecule has 0 spiro atoms. The van der Waals surface area contributed by atoms with Gasteiger partial charge in [-0.2, -0.15) is 0 Å². The number of carbonyl (C=O) groups excluding carboxylic acids is 1. The summed E-state index contributed by atoms with van der Waals surface area (Å²) >= 11 is 6.33. The first-order chi connectivity index (χ1) is 16.5. The fraction of sp³-hybridized carbons (Fsp3) is 0.333. The van der Waals surface area contributed by atoms with Gasteiger partial charge in [0.1, 0.15) is 12.5 Å². The Labute approximate surface area is 206 Å². The quantitative estimate of drug-likeness (QED) is 0.439. The summed E-state index contributed by atoms with van der Waals surface area (Å²) in [5.41, 5.74) is -0.265. The van der Waals surface area contributed by atoms with E-state index in [1.54, 1.807) is 70.2 Å². The van der Waals surface area contributed by atoms with Crippen LogP contribution in [-0.2, 0) is 0 Å². The Bertz CT molecular complexity index is 1320. The van der Waals surface area contributed by atoms with Gasteiger partial charge in [-0.3, -0.25) is 14.3 Å². The largest absolute Gasteiger partial charge is 0.465 e. The van der Waals surface area contributed by atoms with E-state index in [9.17, 15) is 23.9 Å². The van der Waals surface area contributed by atoms with E-state index in [1.165, 1.54) is 9.47 Å². The summed E-state index contributed by atoms with van der Waals surface area (Å²) in [6.45, 7) is 6.05.